The summed E-state index contributed by atoms with van der Waals surface area (Å²) in [4.78, 5) is 0. The summed E-state index contributed by atoms with van der Waals surface area (Å²) in [6.45, 7) is 3.49. The maximum Gasteiger partial charge on any atom is 0.159 e. The van der Waals surface area contributed by atoms with Crippen LogP contribution in [0.25, 0.3) is 0 Å². The first-order chi connectivity index (χ1) is 5.38. The van der Waals surface area contributed by atoms with Gasteiger partial charge < -0.3 is 9.47 Å². The third-order valence-electron chi connectivity index (χ3n) is 2.04. The molecule has 0 aromatic carbocycles. The molecule has 0 aromatic rings. The largest absolute Gasteiger partial charge is 0.490 e. The van der Waals surface area contributed by atoms with Gasteiger partial charge in [-0.25, -0.2) is 0 Å². The lowest BCUT2D eigenvalue weighted by Gasteiger charge is -2.24. The smallest absolute Gasteiger partial charge is 0.159 e. The summed E-state index contributed by atoms with van der Waals surface area (Å²) in [5.41, 5.74) is 1.23. The molecule has 2 heteroatoms. The lowest BCUT2D eigenvalue weighted by atomic mass is 10.0. The van der Waals surface area contributed by atoms with Gasteiger partial charge in [0.15, 0.2) is 5.76 Å². The van der Waals surface area contributed by atoms with Crippen LogP contribution in [-0.4, -0.2) is 13.2 Å². The van der Waals surface area contributed by atoms with Crippen LogP contribution < -0.4 is 0 Å². The standard InChI is InChI=1S/C9H12O2/c1-7-3-2-4-8-9(7)11-6-5-10-8/h3H,2,4-6H2,1H3. The molecule has 1 heterocycles. The van der Waals surface area contributed by atoms with Gasteiger partial charge in [0, 0.05) is 6.42 Å². The molecule has 2 rings (SSSR count). The number of hydrogen-bond acceptors (Lipinski definition) is 2. The maximum atomic E-state index is 5.48. The van der Waals surface area contributed by atoms with Gasteiger partial charge in [0.05, 0.1) is 0 Å². The zero-order chi connectivity index (χ0) is 7.68. The predicted molar refractivity (Wildman–Crippen MR) is 41.9 cm³/mol. The van der Waals surface area contributed by atoms with Crippen LogP contribution in [0.5, 0.6) is 0 Å². The molecule has 1 aliphatic carbocycles. The molecule has 0 radical (unpaired) electrons. The van der Waals surface area contributed by atoms with Crippen LogP contribution in [0.15, 0.2) is 23.2 Å². The zero-order valence-corrected chi connectivity index (χ0v) is 6.72. The molecule has 0 spiro atoms. The SMILES string of the molecule is CC1=CCCC2=C1OCCO2. The topological polar surface area (TPSA) is 18.5 Å². The van der Waals surface area contributed by atoms with E-state index < -0.39 is 0 Å². The number of rotatable bonds is 0. The van der Waals surface area contributed by atoms with Crippen molar-refractivity contribution in [3.8, 4) is 0 Å². The Hall–Kier alpha value is -0.920. The van der Waals surface area contributed by atoms with Crippen molar-refractivity contribution in [2.24, 2.45) is 0 Å². The number of ether oxygens (including phenoxy) is 2. The Labute approximate surface area is 66.5 Å². The third-order valence-corrected chi connectivity index (χ3v) is 2.04. The Kier molecular flexibility index (Phi) is 1.60. The Balaban J connectivity index is 2.29. The molecule has 0 amide bonds. The summed E-state index contributed by atoms with van der Waals surface area (Å²) in [6, 6.07) is 0. The lowest BCUT2D eigenvalue weighted by Crippen LogP contribution is -2.16. The van der Waals surface area contributed by atoms with Gasteiger partial charge in [-0.1, -0.05) is 6.08 Å². The van der Waals surface area contributed by atoms with Crippen molar-refractivity contribution in [1.29, 1.82) is 0 Å². The van der Waals surface area contributed by atoms with Gasteiger partial charge in [0.25, 0.3) is 0 Å². The molecule has 0 unspecified atom stereocenters. The highest BCUT2D eigenvalue weighted by Gasteiger charge is 2.19. The van der Waals surface area contributed by atoms with Crippen LogP contribution in [0.3, 0.4) is 0 Å². The van der Waals surface area contributed by atoms with Crippen molar-refractivity contribution in [3.63, 3.8) is 0 Å². The van der Waals surface area contributed by atoms with Crippen LogP contribution in [0.2, 0.25) is 0 Å². The maximum absolute atomic E-state index is 5.48. The molecular formula is C9H12O2. The fraction of sp³-hybridized carbons (Fsp3) is 0.556. The number of hydrogen-bond donors (Lipinski definition) is 0. The van der Waals surface area contributed by atoms with E-state index in [1.165, 1.54) is 5.57 Å². The first-order valence-corrected chi connectivity index (χ1v) is 4.04. The summed E-state index contributed by atoms with van der Waals surface area (Å²) < 4.78 is 10.9. The second-order valence-electron chi connectivity index (χ2n) is 2.88. The summed E-state index contributed by atoms with van der Waals surface area (Å²) in [7, 11) is 0. The summed E-state index contributed by atoms with van der Waals surface area (Å²) in [6.07, 6.45) is 4.30. The van der Waals surface area contributed by atoms with Crippen LogP contribution in [0.1, 0.15) is 19.8 Å². The fourth-order valence-corrected chi connectivity index (χ4v) is 1.49. The van der Waals surface area contributed by atoms with Gasteiger partial charge in [-0.2, -0.15) is 0 Å². The van der Waals surface area contributed by atoms with Crippen LogP contribution in [0.4, 0.5) is 0 Å². The second-order valence-corrected chi connectivity index (χ2v) is 2.88. The molecular weight excluding hydrogens is 140 g/mol. The van der Waals surface area contributed by atoms with E-state index in [0.717, 1.165) is 24.4 Å². The normalized spacial score (nSPS) is 23.2. The molecule has 2 nitrogen and oxygen atoms in total. The minimum Gasteiger partial charge on any atom is -0.490 e. The van der Waals surface area contributed by atoms with Gasteiger partial charge in [0.2, 0.25) is 0 Å². The van der Waals surface area contributed by atoms with E-state index in [1.807, 2.05) is 0 Å². The Morgan fingerprint density at radius 2 is 2.09 bits per heavy atom. The Morgan fingerprint density at radius 3 is 2.91 bits per heavy atom. The third kappa shape index (κ3) is 1.13. The van der Waals surface area contributed by atoms with Gasteiger partial charge in [0.1, 0.15) is 19.0 Å². The lowest BCUT2D eigenvalue weighted by molar-refractivity contribution is 0.0604. The Morgan fingerprint density at radius 1 is 1.27 bits per heavy atom. The van der Waals surface area contributed by atoms with E-state index in [2.05, 4.69) is 13.0 Å². The van der Waals surface area contributed by atoms with Crippen molar-refractivity contribution in [3.05, 3.63) is 23.2 Å². The molecule has 0 bridgehead atoms. The summed E-state index contributed by atoms with van der Waals surface area (Å²) in [5, 5.41) is 0. The van der Waals surface area contributed by atoms with E-state index >= 15 is 0 Å². The predicted octanol–water partition coefficient (Wildman–Crippen LogP) is 1.98. The van der Waals surface area contributed by atoms with E-state index in [-0.39, 0.29) is 0 Å². The van der Waals surface area contributed by atoms with Crippen LogP contribution in [0, 0.1) is 0 Å². The van der Waals surface area contributed by atoms with Crippen LogP contribution >= 0.6 is 0 Å². The first-order valence-electron chi connectivity index (χ1n) is 4.04. The summed E-state index contributed by atoms with van der Waals surface area (Å²) in [5.74, 6) is 2.04. The minimum absolute atomic E-state index is 0.698. The van der Waals surface area contributed by atoms with Crippen molar-refractivity contribution < 1.29 is 9.47 Å². The molecule has 1 aliphatic heterocycles. The number of allylic oxidation sites excluding steroid dienone is 3. The molecule has 0 aromatic heterocycles. The minimum atomic E-state index is 0.698. The van der Waals surface area contributed by atoms with Gasteiger partial charge in [-0.3, -0.25) is 0 Å². The van der Waals surface area contributed by atoms with Crippen molar-refractivity contribution in [2.75, 3.05) is 13.2 Å². The fourth-order valence-electron chi connectivity index (χ4n) is 1.49. The molecule has 0 saturated carbocycles. The molecule has 60 valence electrons. The zero-order valence-electron chi connectivity index (χ0n) is 6.72. The molecule has 0 fully saturated rings. The van der Waals surface area contributed by atoms with E-state index in [1.54, 1.807) is 0 Å². The monoisotopic (exact) mass is 152 g/mol. The van der Waals surface area contributed by atoms with Crippen molar-refractivity contribution >= 4 is 0 Å². The summed E-state index contributed by atoms with van der Waals surface area (Å²) >= 11 is 0. The highest BCUT2D eigenvalue weighted by atomic mass is 16.6. The van der Waals surface area contributed by atoms with Crippen molar-refractivity contribution in [1.82, 2.24) is 0 Å². The second kappa shape index (κ2) is 2.61. The molecule has 2 aliphatic rings. The van der Waals surface area contributed by atoms with Gasteiger partial charge in [-0.15, -0.1) is 0 Å². The van der Waals surface area contributed by atoms with Crippen molar-refractivity contribution in [2.45, 2.75) is 19.8 Å². The first kappa shape index (κ1) is 6.77. The van der Waals surface area contributed by atoms with Gasteiger partial charge >= 0.3 is 0 Å². The van der Waals surface area contributed by atoms with E-state index in [0.29, 0.717) is 13.2 Å². The molecule has 11 heavy (non-hydrogen) atoms. The molecule has 0 N–H and O–H groups in total. The average Bonchev–Trinajstić information content (AvgIpc) is 2.06. The quantitative estimate of drug-likeness (QED) is 0.528. The molecule has 0 saturated heterocycles. The van der Waals surface area contributed by atoms with E-state index in [4.69, 9.17) is 9.47 Å². The highest BCUT2D eigenvalue weighted by molar-refractivity contribution is 5.30. The molecule has 0 atom stereocenters. The highest BCUT2D eigenvalue weighted by Crippen LogP contribution is 2.28. The average molecular weight is 152 g/mol. The Bertz CT molecular complexity index is 226. The van der Waals surface area contributed by atoms with Crippen LogP contribution in [-0.2, 0) is 9.47 Å². The van der Waals surface area contributed by atoms with E-state index in [9.17, 15) is 0 Å². The van der Waals surface area contributed by atoms with Gasteiger partial charge in [-0.05, 0) is 18.9 Å².